The smallest absolute Gasteiger partial charge is 0.317 e. The van der Waals surface area contributed by atoms with Crippen LogP contribution in [0.4, 0.5) is 4.79 Å². The third-order valence-electron chi connectivity index (χ3n) is 3.49. The number of nitrogens with one attached hydrogen (secondary N) is 1. The van der Waals surface area contributed by atoms with Gasteiger partial charge in [0.05, 0.1) is 0 Å². The quantitative estimate of drug-likeness (QED) is 0.740. The number of carbonyl (C=O) groups is 2. The molecule has 0 spiro atoms. The second-order valence-corrected chi connectivity index (χ2v) is 5.25. The average molecular weight is 256 g/mol. The molecule has 1 aliphatic rings. The monoisotopic (exact) mass is 256 g/mol. The van der Waals surface area contributed by atoms with E-state index in [-0.39, 0.29) is 12.5 Å². The standard InChI is InChI=1S/C13H24N2O3/c1-10-6-8-15(11(2)9-10)13(18)14-7-4-3-5-12(16)17/h10-11H,3-9H2,1-2H3,(H,14,18)(H,16,17). The van der Waals surface area contributed by atoms with Gasteiger partial charge in [0.25, 0.3) is 0 Å². The molecule has 0 radical (unpaired) electrons. The van der Waals surface area contributed by atoms with Crippen LogP contribution in [0.3, 0.4) is 0 Å². The molecular formula is C13H24N2O3. The van der Waals surface area contributed by atoms with E-state index in [0.29, 0.717) is 24.9 Å². The van der Waals surface area contributed by atoms with Gasteiger partial charge in [-0.3, -0.25) is 4.79 Å². The first-order valence-electron chi connectivity index (χ1n) is 6.77. The molecule has 1 aliphatic heterocycles. The maximum Gasteiger partial charge on any atom is 0.317 e. The van der Waals surface area contributed by atoms with E-state index in [0.717, 1.165) is 25.8 Å². The van der Waals surface area contributed by atoms with Gasteiger partial charge >= 0.3 is 12.0 Å². The lowest BCUT2D eigenvalue weighted by Crippen LogP contribution is -2.49. The van der Waals surface area contributed by atoms with Gasteiger partial charge in [-0.05, 0) is 38.5 Å². The van der Waals surface area contributed by atoms with Crippen molar-refractivity contribution in [2.45, 2.75) is 52.0 Å². The predicted octanol–water partition coefficient (Wildman–Crippen LogP) is 2.07. The van der Waals surface area contributed by atoms with E-state index in [1.807, 2.05) is 4.90 Å². The fourth-order valence-corrected chi connectivity index (χ4v) is 2.41. The molecule has 1 rings (SSSR count). The number of carbonyl (C=O) groups excluding carboxylic acids is 1. The number of hydrogen-bond acceptors (Lipinski definition) is 2. The number of urea groups is 1. The van der Waals surface area contributed by atoms with Crippen LogP contribution in [0.25, 0.3) is 0 Å². The Bertz CT molecular complexity index is 294. The molecular weight excluding hydrogens is 232 g/mol. The molecule has 0 bridgehead atoms. The summed E-state index contributed by atoms with van der Waals surface area (Å²) in [6.07, 6.45) is 3.63. The minimum absolute atomic E-state index is 0.00951. The molecule has 0 aromatic carbocycles. The van der Waals surface area contributed by atoms with Crippen LogP contribution in [0.1, 0.15) is 46.0 Å². The number of carboxylic acid groups (broad SMARTS) is 1. The highest BCUT2D eigenvalue weighted by atomic mass is 16.4. The molecule has 0 aromatic rings. The molecule has 0 saturated carbocycles. The fraction of sp³-hybridized carbons (Fsp3) is 0.846. The lowest BCUT2D eigenvalue weighted by molar-refractivity contribution is -0.137. The summed E-state index contributed by atoms with van der Waals surface area (Å²) >= 11 is 0. The van der Waals surface area contributed by atoms with Crippen molar-refractivity contribution in [1.82, 2.24) is 10.2 Å². The topological polar surface area (TPSA) is 69.6 Å². The normalized spacial score (nSPS) is 23.8. The number of piperidine rings is 1. The molecule has 5 nitrogen and oxygen atoms in total. The Morgan fingerprint density at radius 2 is 2.06 bits per heavy atom. The van der Waals surface area contributed by atoms with Crippen molar-refractivity contribution < 1.29 is 14.7 Å². The summed E-state index contributed by atoms with van der Waals surface area (Å²) in [5, 5.41) is 11.4. The molecule has 18 heavy (non-hydrogen) atoms. The minimum atomic E-state index is -0.778. The molecule has 2 amide bonds. The first kappa shape index (κ1) is 14.8. The number of hydrogen-bond donors (Lipinski definition) is 2. The lowest BCUT2D eigenvalue weighted by Gasteiger charge is -2.36. The molecule has 0 aromatic heterocycles. The summed E-state index contributed by atoms with van der Waals surface area (Å²) < 4.78 is 0. The number of amides is 2. The van der Waals surface area contributed by atoms with Gasteiger partial charge < -0.3 is 15.3 Å². The lowest BCUT2D eigenvalue weighted by atomic mass is 9.94. The second kappa shape index (κ2) is 7.24. The Kier molecular flexibility index (Phi) is 5.95. The Labute approximate surface area is 109 Å². The number of aliphatic carboxylic acids is 1. The largest absolute Gasteiger partial charge is 0.481 e. The molecule has 1 fully saturated rings. The Morgan fingerprint density at radius 3 is 2.67 bits per heavy atom. The van der Waals surface area contributed by atoms with E-state index in [4.69, 9.17) is 5.11 Å². The summed E-state index contributed by atoms with van der Waals surface area (Å²) in [6, 6.07) is 0.289. The van der Waals surface area contributed by atoms with Crippen LogP contribution in [-0.4, -0.2) is 41.1 Å². The number of nitrogens with zero attached hydrogens (tertiary/aromatic N) is 1. The van der Waals surface area contributed by atoms with Crippen molar-refractivity contribution >= 4 is 12.0 Å². The molecule has 2 unspecified atom stereocenters. The zero-order valence-corrected chi connectivity index (χ0v) is 11.3. The highest BCUT2D eigenvalue weighted by Gasteiger charge is 2.26. The van der Waals surface area contributed by atoms with Crippen LogP contribution in [0.2, 0.25) is 0 Å². The van der Waals surface area contributed by atoms with Gasteiger partial charge in [-0.2, -0.15) is 0 Å². The minimum Gasteiger partial charge on any atom is -0.481 e. The summed E-state index contributed by atoms with van der Waals surface area (Å²) in [5.41, 5.74) is 0. The van der Waals surface area contributed by atoms with Crippen molar-refractivity contribution in [3.05, 3.63) is 0 Å². The van der Waals surface area contributed by atoms with E-state index in [1.54, 1.807) is 0 Å². The first-order chi connectivity index (χ1) is 8.50. The van der Waals surface area contributed by atoms with E-state index < -0.39 is 5.97 Å². The molecule has 0 aliphatic carbocycles. The van der Waals surface area contributed by atoms with Gasteiger partial charge in [0.2, 0.25) is 0 Å². The zero-order chi connectivity index (χ0) is 13.5. The fourth-order valence-electron chi connectivity index (χ4n) is 2.41. The van der Waals surface area contributed by atoms with Crippen LogP contribution < -0.4 is 5.32 Å². The second-order valence-electron chi connectivity index (χ2n) is 5.25. The van der Waals surface area contributed by atoms with Crippen molar-refractivity contribution in [1.29, 1.82) is 0 Å². The van der Waals surface area contributed by atoms with E-state index in [2.05, 4.69) is 19.2 Å². The maximum atomic E-state index is 11.9. The van der Waals surface area contributed by atoms with Crippen molar-refractivity contribution in [2.75, 3.05) is 13.1 Å². The van der Waals surface area contributed by atoms with Crippen molar-refractivity contribution in [3.63, 3.8) is 0 Å². The molecule has 2 N–H and O–H groups in total. The Morgan fingerprint density at radius 1 is 1.33 bits per heavy atom. The third kappa shape index (κ3) is 4.94. The van der Waals surface area contributed by atoms with Gasteiger partial charge in [-0.1, -0.05) is 6.92 Å². The number of unbranched alkanes of at least 4 members (excludes halogenated alkanes) is 1. The summed E-state index contributed by atoms with van der Waals surface area (Å²) in [5.74, 6) is -0.0837. The van der Waals surface area contributed by atoms with Crippen LogP contribution in [0.5, 0.6) is 0 Å². The van der Waals surface area contributed by atoms with Crippen molar-refractivity contribution in [2.24, 2.45) is 5.92 Å². The van der Waals surface area contributed by atoms with Gasteiger partial charge in [-0.25, -0.2) is 4.79 Å². The average Bonchev–Trinajstić information content (AvgIpc) is 2.27. The zero-order valence-electron chi connectivity index (χ0n) is 11.3. The predicted molar refractivity (Wildman–Crippen MR) is 69.5 cm³/mol. The van der Waals surface area contributed by atoms with Crippen LogP contribution in [0, 0.1) is 5.92 Å². The van der Waals surface area contributed by atoms with Crippen molar-refractivity contribution in [3.8, 4) is 0 Å². The number of likely N-dealkylation sites (tertiary alicyclic amines) is 1. The van der Waals surface area contributed by atoms with Gasteiger partial charge in [0, 0.05) is 25.6 Å². The van der Waals surface area contributed by atoms with Crippen LogP contribution >= 0.6 is 0 Å². The maximum absolute atomic E-state index is 11.9. The highest BCUT2D eigenvalue weighted by Crippen LogP contribution is 2.21. The summed E-state index contributed by atoms with van der Waals surface area (Å²) in [7, 11) is 0. The first-order valence-corrected chi connectivity index (χ1v) is 6.77. The van der Waals surface area contributed by atoms with Crippen LogP contribution in [0.15, 0.2) is 0 Å². The molecule has 104 valence electrons. The third-order valence-corrected chi connectivity index (χ3v) is 3.49. The van der Waals surface area contributed by atoms with E-state index >= 15 is 0 Å². The molecule has 1 heterocycles. The van der Waals surface area contributed by atoms with Gasteiger partial charge in [0.1, 0.15) is 0 Å². The van der Waals surface area contributed by atoms with Gasteiger partial charge in [0.15, 0.2) is 0 Å². The van der Waals surface area contributed by atoms with Crippen LogP contribution in [-0.2, 0) is 4.79 Å². The SMILES string of the molecule is CC1CCN(C(=O)NCCCCC(=O)O)C(C)C1. The Hall–Kier alpha value is -1.26. The summed E-state index contributed by atoms with van der Waals surface area (Å²) in [6.45, 7) is 5.69. The van der Waals surface area contributed by atoms with E-state index in [1.165, 1.54) is 0 Å². The van der Waals surface area contributed by atoms with Gasteiger partial charge in [-0.15, -0.1) is 0 Å². The Balaban J connectivity index is 2.18. The van der Waals surface area contributed by atoms with E-state index in [9.17, 15) is 9.59 Å². The number of rotatable bonds is 5. The number of carboxylic acids is 1. The highest BCUT2D eigenvalue weighted by molar-refractivity contribution is 5.74. The summed E-state index contributed by atoms with van der Waals surface area (Å²) in [4.78, 5) is 24.1. The molecule has 2 atom stereocenters. The molecule has 5 heteroatoms. The molecule has 1 saturated heterocycles.